The highest BCUT2D eigenvalue weighted by molar-refractivity contribution is 5.89. The van der Waals surface area contributed by atoms with E-state index in [1.165, 1.54) is 5.57 Å². The maximum Gasteiger partial charge on any atom is 0.338 e. The third-order valence-electron chi connectivity index (χ3n) is 4.06. The summed E-state index contributed by atoms with van der Waals surface area (Å²) in [5, 5.41) is 0. The maximum absolute atomic E-state index is 11.9. The van der Waals surface area contributed by atoms with Gasteiger partial charge in [-0.25, -0.2) is 4.79 Å². The van der Waals surface area contributed by atoms with Crippen molar-refractivity contribution in [2.75, 3.05) is 6.61 Å². The summed E-state index contributed by atoms with van der Waals surface area (Å²) >= 11 is 0. The average molecular weight is 258 g/mol. The summed E-state index contributed by atoms with van der Waals surface area (Å²) in [6.07, 6.45) is 2.29. The fourth-order valence-corrected chi connectivity index (χ4v) is 2.62. The molecule has 102 valence electrons. The highest BCUT2D eigenvalue weighted by atomic mass is 16.5. The van der Waals surface area contributed by atoms with E-state index in [-0.39, 0.29) is 11.4 Å². The SMILES string of the molecule is CC(C)=C[C@H]1[C@@H](COC(=O)c2ccccc2)C1(C)C. The van der Waals surface area contributed by atoms with Gasteiger partial charge in [-0.1, -0.05) is 43.7 Å². The first-order valence-electron chi connectivity index (χ1n) is 6.80. The van der Waals surface area contributed by atoms with Crippen molar-refractivity contribution in [3.8, 4) is 0 Å². The second-order valence-electron chi connectivity index (χ2n) is 6.16. The van der Waals surface area contributed by atoms with Crippen molar-refractivity contribution in [1.29, 1.82) is 0 Å². The van der Waals surface area contributed by atoms with Gasteiger partial charge < -0.3 is 4.74 Å². The Hall–Kier alpha value is -1.57. The minimum absolute atomic E-state index is 0.223. The van der Waals surface area contributed by atoms with Crippen LogP contribution in [0.2, 0.25) is 0 Å². The summed E-state index contributed by atoms with van der Waals surface area (Å²) in [5.41, 5.74) is 2.20. The van der Waals surface area contributed by atoms with Crippen molar-refractivity contribution in [3.05, 3.63) is 47.5 Å². The van der Waals surface area contributed by atoms with E-state index in [1.54, 1.807) is 12.1 Å². The lowest BCUT2D eigenvalue weighted by Crippen LogP contribution is -2.09. The quantitative estimate of drug-likeness (QED) is 0.601. The maximum atomic E-state index is 11.9. The lowest BCUT2D eigenvalue weighted by atomic mass is 10.1. The number of hydrogen-bond donors (Lipinski definition) is 0. The largest absolute Gasteiger partial charge is 0.462 e. The van der Waals surface area contributed by atoms with Crippen molar-refractivity contribution >= 4 is 5.97 Å². The molecule has 0 heterocycles. The van der Waals surface area contributed by atoms with Crippen LogP contribution in [0.15, 0.2) is 42.0 Å². The molecule has 1 aromatic rings. The number of benzene rings is 1. The zero-order valence-corrected chi connectivity index (χ0v) is 12.1. The molecule has 0 aromatic heterocycles. The van der Waals surface area contributed by atoms with Gasteiger partial charge in [-0.3, -0.25) is 0 Å². The summed E-state index contributed by atoms with van der Waals surface area (Å²) in [5.74, 6) is 0.746. The molecule has 0 spiro atoms. The first-order valence-corrected chi connectivity index (χ1v) is 6.80. The van der Waals surface area contributed by atoms with Gasteiger partial charge >= 0.3 is 5.97 Å². The minimum Gasteiger partial charge on any atom is -0.462 e. The molecule has 0 amide bonds. The number of allylic oxidation sites excluding steroid dienone is 2. The molecule has 2 nitrogen and oxygen atoms in total. The van der Waals surface area contributed by atoms with E-state index >= 15 is 0 Å². The van der Waals surface area contributed by atoms with Gasteiger partial charge in [0.15, 0.2) is 0 Å². The molecule has 2 heteroatoms. The lowest BCUT2D eigenvalue weighted by molar-refractivity contribution is 0.0471. The Morgan fingerprint density at radius 3 is 2.47 bits per heavy atom. The molecule has 1 aliphatic rings. The second kappa shape index (κ2) is 5.20. The first-order chi connectivity index (χ1) is 8.93. The van der Waals surface area contributed by atoms with E-state index in [0.29, 0.717) is 24.0 Å². The molecule has 1 fully saturated rings. The zero-order valence-electron chi connectivity index (χ0n) is 12.1. The van der Waals surface area contributed by atoms with Gasteiger partial charge in [0.2, 0.25) is 0 Å². The van der Waals surface area contributed by atoms with Crippen LogP contribution in [0.4, 0.5) is 0 Å². The number of esters is 1. The van der Waals surface area contributed by atoms with E-state index in [4.69, 9.17) is 4.74 Å². The summed E-state index contributed by atoms with van der Waals surface area (Å²) in [6.45, 7) is 9.20. The van der Waals surface area contributed by atoms with Crippen molar-refractivity contribution in [3.63, 3.8) is 0 Å². The molecule has 1 aromatic carbocycles. The molecule has 1 aliphatic carbocycles. The van der Waals surface area contributed by atoms with E-state index < -0.39 is 0 Å². The minimum atomic E-state index is -0.223. The molecule has 19 heavy (non-hydrogen) atoms. The average Bonchev–Trinajstić information content (AvgIpc) is 2.87. The summed E-state index contributed by atoms with van der Waals surface area (Å²) in [6, 6.07) is 9.17. The number of rotatable bonds is 4. The molecule has 1 saturated carbocycles. The standard InChI is InChI=1S/C17H22O2/c1-12(2)10-14-15(17(14,3)4)11-19-16(18)13-8-6-5-7-9-13/h5-10,14-15H,11H2,1-4H3/t14-,15+/m0/s1. The number of ether oxygens (including phenoxy) is 1. The highest BCUT2D eigenvalue weighted by Gasteiger charge is 2.56. The molecule has 0 N–H and O–H groups in total. The summed E-state index contributed by atoms with van der Waals surface area (Å²) in [7, 11) is 0. The van der Waals surface area contributed by atoms with E-state index in [1.807, 2.05) is 18.2 Å². The van der Waals surface area contributed by atoms with Crippen LogP contribution in [0.3, 0.4) is 0 Å². The molecule has 0 saturated heterocycles. The van der Waals surface area contributed by atoms with Gasteiger partial charge in [-0.05, 0) is 37.3 Å². The van der Waals surface area contributed by atoms with Gasteiger partial charge in [0.1, 0.15) is 0 Å². The van der Waals surface area contributed by atoms with Crippen LogP contribution in [-0.4, -0.2) is 12.6 Å². The summed E-state index contributed by atoms with van der Waals surface area (Å²) in [4.78, 5) is 11.9. The third-order valence-corrected chi connectivity index (χ3v) is 4.06. The van der Waals surface area contributed by atoms with Gasteiger partial charge in [-0.2, -0.15) is 0 Å². The van der Waals surface area contributed by atoms with Crippen LogP contribution in [0.5, 0.6) is 0 Å². The second-order valence-corrected chi connectivity index (χ2v) is 6.16. The first kappa shape index (κ1) is 13.9. The monoisotopic (exact) mass is 258 g/mol. The van der Waals surface area contributed by atoms with Crippen molar-refractivity contribution in [2.45, 2.75) is 27.7 Å². The molecular formula is C17H22O2. The van der Waals surface area contributed by atoms with Crippen LogP contribution in [0.25, 0.3) is 0 Å². The topological polar surface area (TPSA) is 26.3 Å². The van der Waals surface area contributed by atoms with Crippen LogP contribution < -0.4 is 0 Å². The predicted octanol–water partition coefficient (Wildman–Crippen LogP) is 4.08. The fraction of sp³-hybridized carbons (Fsp3) is 0.471. The molecule has 2 rings (SSSR count). The number of carbonyl (C=O) groups is 1. The number of hydrogen-bond acceptors (Lipinski definition) is 2. The van der Waals surface area contributed by atoms with Gasteiger partial charge in [0.25, 0.3) is 0 Å². The van der Waals surface area contributed by atoms with Crippen LogP contribution in [0.1, 0.15) is 38.1 Å². The van der Waals surface area contributed by atoms with Crippen molar-refractivity contribution < 1.29 is 9.53 Å². The number of carbonyl (C=O) groups excluding carboxylic acids is 1. The normalized spacial score (nSPS) is 23.6. The van der Waals surface area contributed by atoms with E-state index in [2.05, 4.69) is 33.8 Å². The van der Waals surface area contributed by atoms with E-state index in [9.17, 15) is 4.79 Å². The Morgan fingerprint density at radius 2 is 1.89 bits per heavy atom. The lowest BCUT2D eigenvalue weighted by Gasteiger charge is -2.05. The van der Waals surface area contributed by atoms with Crippen LogP contribution in [0, 0.1) is 17.3 Å². The summed E-state index contributed by atoms with van der Waals surface area (Å²) < 4.78 is 5.43. The third kappa shape index (κ3) is 3.06. The highest BCUT2D eigenvalue weighted by Crippen LogP contribution is 2.59. The molecule has 2 atom stereocenters. The van der Waals surface area contributed by atoms with Crippen molar-refractivity contribution in [2.24, 2.45) is 17.3 Å². The van der Waals surface area contributed by atoms with Gasteiger partial charge in [-0.15, -0.1) is 0 Å². The van der Waals surface area contributed by atoms with Crippen LogP contribution >= 0.6 is 0 Å². The fourth-order valence-electron chi connectivity index (χ4n) is 2.62. The molecule has 0 bridgehead atoms. The smallest absolute Gasteiger partial charge is 0.338 e. The zero-order chi connectivity index (χ0) is 14.0. The van der Waals surface area contributed by atoms with Crippen LogP contribution in [-0.2, 0) is 4.74 Å². The molecule has 0 aliphatic heterocycles. The Morgan fingerprint density at radius 1 is 1.26 bits per heavy atom. The predicted molar refractivity (Wildman–Crippen MR) is 76.9 cm³/mol. The van der Waals surface area contributed by atoms with Gasteiger partial charge in [0.05, 0.1) is 12.2 Å². The van der Waals surface area contributed by atoms with Crippen molar-refractivity contribution in [1.82, 2.24) is 0 Å². The van der Waals surface area contributed by atoms with Gasteiger partial charge in [0, 0.05) is 5.92 Å². The Kier molecular flexibility index (Phi) is 3.79. The molecule has 0 unspecified atom stereocenters. The Bertz CT molecular complexity index is 481. The Labute approximate surface area is 115 Å². The van der Waals surface area contributed by atoms with E-state index in [0.717, 1.165) is 0 Å². The molecule has 0 radical (unpaired) electrons. The Balaban J connectivity index is 1.91. The molecular weight excluding hydrogens is 236 g/mol.